The Bertz CT molecular complexity index is 846. The first-order valence-electron chi connectivity index (χ1n) is 8.80. The lowest BCUT2D eigenvalue weighted by atomic mass is 10.1. The van der Waals surface area contributed by atoms with Gasteiger partial charge in [0.25, 0.3) is 5.91 Å². The first-order valence-corrected chi connectivity index (χ1v) is 8.80. The Morgan fingerprint density at radius 2 is 1.41 bits per heavy atom. The van der Waals surface area contributed by atoms with E-state index in [1.807, 2.05) is 0 Å². The fraction of sp³-hybridized carbons (Fsp3) is 0.368. The molecule has 2 heterocycles. The fourth-order valence-corrected chi connectivity index (χ4v) is 3.07. The van der Waals surface area contributed by atoms with Gasteiger partial charge in [-0.2, -0.15) is 26.3 Å². The molecule has 156 valence electrons. The smallest absolute Gasteiger partial charge is 0.355 e. The van der Waals surface area contributed by atoms with Gasteiger partial charge in [0.05, 0.1) is 11.1 Å². The number of carbonyl (C=O) groups is 1. The average Bonchev–Trinajstić information content (AvgIpc) is 2.92. The van der Waals surface area contributed by atoms with Gasteiger partial charge >= 0.3 is 12.4 Å². The molecular formula is C19H17F6N3O. The molecule has 0 saturated carbocycles. The van der Waals surface area contributed by atoms with E-state index in [4.69, 9.17) is 0 Å². The maximum atomic E-state index is 12.7. The summed E-state index contributed by atoms with van der Waals surface area (Å²) >= 11 is 0. The largest absolute Gasteiger partial charge is 0.417 e. The lowest BCUT2D eigenvalue weighted by Crippen LogP contribution is -2.35. The summed E-state index contributed by atoms with van der Waals surface area (Å²) in [5.41, 5.74) is -1.52. The Labute approximate surface area is 162 Å². The molecule has 3 rings (SSSR count). The number of nitrogens with zero attached hydrogens (tertiary/aromatic N) is 3. The molecule has 10 heteroatoms. The average molecular weight is 417 g/mol. The predicted molar refractivity (Wildman–Crippen MR) is 93.4 cm³/mol. The van der Waals surface area contributed by atoms with Crippen LogP contribution in [0.4, 0.5) is 32.2 Å². The van der Waals surface area contributed by atoms with Crippen molar-refractivity contribution in [2.24, 2.45) is 0 Å². The van der Waals surface area contributed by atoms with Gasteiger partial charge in [-0.25, -0.2) is 4.98 Å². The zero-order valence-corrected chi connectivity index (χ0v) is 15.1. The third kappa shape index (κ3) is 4.99. The number of hydrogen-bond acceptors (Lipinski definition) is 3. The van der Waals surface area contributed by atoms with E-state index < -0.39 is 23.5 Å². The van der Waals surface area contributed by atoms with Gasteiger partial charge in [0, 0.05) is 37.9 Å². The van der Waals surface area contributed by atoms with E-state index >= 15 is 0 Å². The minimum Gasteiger partial charge on any atom is -0.355 e. The number of rotatable bonds is 2. The second-order valence-electron chi connectivity index (χ2n) is 6.61. The van der Waals surface area contributed by atoms with E-state index in [2.05, 4.69) is 4.98 Å². The minimum absolute atomic E-state index is 0.152. The first kappa shape index (κ1) is 20.9. The maximum Gasteiger partial charge on any atom is 0.417 e. The van der Waals surface area contributed by atoms with Gasteiger partial charge < -0.3 is 9.80 Å². The number of carbonyl (C=O) groups excluding carboxylic acids is 1. The molecule has 0 unspecified atom stereocenters. The van der Waals surface area contributed by atoms with Crippen LogP contribution in [0.3, 0.4) is 0 Å². The Morgan fingerprint density at radius 1 is 0.793 bits per heavy atom. The highest BCUT2D eigenvalue weighted by Gasteiger charge is 2.32. The molecule has 0 spiro atoms. The molecule has 1 aromatic heterocycles. The van der Waals surface area contributed by atoms with Gasteiger partial charge in [0.2, 0.25) is 0 Å². The monoisotopic (exact) mass is 417 g/mol. The van der Waals surface area contributed by atoms with Crippen molar-refractivity contribution in [3.63, 3.8) is 0 Å². The van der Waals surface area contributed by atoms with Gasteiger partial charge in [0.1, 0.15) is 5.82 Å². The van der Waals surface area contributed by atoms with Crippen LogP contribution < -0.4 is 4.90 Å². The molecule has 29 heavy (non-hydrogen) atoms. The van der Waals surface area contributed by atoms with Crippen molar-refractivity contribution < 1.29 is 31.1 Å². The Hall–Kier alpha value is -2.78. The third-order valence-electron chi connectivity index (χ3n) is 4.64. The zero-order chi connectivity index (χ0) is 21.2. The summed E-state index contributed by atoms with van der Waals surface area (Å²) in [6.45, 7) is 1.51. The molecule has 1 amide bonds. The van der Waals surface area contributed by atoms with Gasteiger partial charge in [-0.05, 0) is 42.8 Å². The molecule has 1 aliphatic rings. The summed E-state index contributed by atoms with van der Waals surface area (Å²) in [5, 5.41) is 0. The van der Waals surface area contributed by atoms with Crippen LogP contribution in [0.25, 0.3) is 0 Å². The fourth-order valence-electron chi connectivity index (χ4n) is 3.07. The van der Waals surface area contributed by atoms with E-state index in [0.717, 1.165) is 36.5 Å². The van der Waals surface area contributed by atoms with Crippen LogP contribution in [0.2, 0.25) is 0 Å². The number of hydrogen-bond donors (Lipinski definition) is 0. The van der Waals surface area contributed by atoms with Crippen molar-refractivity contribution in [3.05, 3.63) is 59.3 Å². The number of amides is 1. The summed E-state index contributed by atoms with van der Waals surface area (Å²) < 4.78 is 75.9. The molecule has 0 radical (unpaired) electrons. The van der Waals surface area contributed by atoms with E-state index in [0.29, 0.717) is 31.9 Å². The van der Waals surface area contributed by atoms with E-state index in [-0.39, 0.29) is 18.0 Å². The molecule has 0 atom stereocenters. The van der Waals surface area contributed by atoms with Gasteiger partial charge in [0.15, 0.2) is 0 Å². The summed E-state index contributed by atoms with van der Waals surface area (Å²) in [7, 11) is 0. The second kappa shape index (κ2) is 7.92. The highest BCUT2D eigenvalue weighted by atomic mass is 19.4. The molecule has 2 aromatic rings. The number of benzene rings is 1. The van der Waals surface area contributed by atoms with Gasteiger partial charge in [-0.1, -0.05) is 0 Å². The van der Waals surface area contributed by atoms with Crippen molar-refractivity contribution in [1.82, 2.24) is 9.88 Å². The van der Waals surface area contributed by atoms with Crippen LogP contribution >= 0.6 is 0 Å². The molecule has 4 nitrogen and oxygen atoms in total. The number of aromatic nitrogens is 1. The molecule has 0 N–H and O–H groups in total. The van der Waals surface area contributed by atoms with Gasteiger partial charge in [-0.15, -0.1) is 0 Å². The van der Waals surface area contributed by atoms with E-state index in [9.17, 15) is 31.1 Å². The third-order valence-corrected chi connectivity index (χ3v) is 4.64. The number of pyridine rings is 1. The SMILES string of the molecule is O=C(c1ccc(C(F)(F)F)cc1)N1CCCN(c2ccc(C(F)(F)F)cn2)CC1. The molecule has 1 saturated heterocycles. The Kier molecular flexibility index (Phi) is 5.72. The van der Waals surface area contributed by atoms with E-state index in [1.165, 1.54) is 11.0 Å². The standard InChI is InChI=1S/C19H17F6N3O/c20-18(21,22)14-4-2-13(3-5-14)17(29)28-9-1-8-27(10-11-28)16-7-6-15(12-26-16)19(23,24)25/h2-7,12H,1,8-11H2. The second-order valence-corrected chi connectivity index (χ2v) is 6.61. The van der Waals surface area contributed by atoms with Crippen molar-refractivity contribution in [3.8, 4) is 0 Å². The lowest BCUT2D eigenvalue weighted by Gasteiger charge is -2.23. The van der Waals surface area contributed by atoms with Crippen LogP contribution in [-0.4, -0.2) is 42.0 Å². The lowest BCUT2D eigenvalue weighted by molar-refractivity contribution is -0.138. The summed E-state index contributed by atoms with van der Waals surface area (Å²) in [6.07, 6.45) is -7.62. The predicted octanol–water partition coefficient (Wildman–Crippen LogP) is 4.47. The topological polar surface area (TPSA) is 36.4 Å². The molecule has 1 aromatic carbocycles. The van der Waals surface area contributed by atoms with Crippen LogP contribution in [0.15, 0.2) is 42.6 Å². The summed E-state index contributed by atoms with van der Waals surface area (Å²) in [6, 6.07) is 6.26. The number of alkyl halides is 6. The molecule has 1 aliphatic heterocycles. The molecule has 0 aliphatic carbocycles. The van der Waals surface area contributed by atoms with Crippen LogP contribution in [-0.2, 0) is 12.4 Å². The van der Waals surface area contributed by atoms with Crippen molar-refractivity contribution >= 4 is 11.7 Å². The zero-order valence-electron chi connectivity index (χ0n) is 15.1. The Balaban J connectivity index is 1.65. The number of anilines is 1. The highest BCUT2D eigenvalue weighted by molar-refractivity contribution is 5.94. The van der Waals surface area contributed by atoms with Crippen molar-refractivity contribution in [2.45, 2.75) is 18.8 Å². The van der Waals surface area contributed by atoms with Gasteiger partial charge in [-0.3, -0.25) is 4.79 Å². The summed E-state index contributed by atoms with van der Waals surface area (Å²) in [4.78, 5) is 19.8. The molecule has 1 fully saturated rings. The van der Waals surface area contributed by atoms with Crippen LogP contribution in [0, 0.1) is 0 Å². The first-order chi connectivity index (χ1) is 13.6. The molecule has 0 bridgehead atoms. The Morgan fingerprint density at radius 3 is 1.97 bits per heavy atom. The normalized spacial score (nSPS) is 15.9. The quantitative estimate of drug-likeness (QED) is 0.677. The van der Waals surface area contributed by atoms with Crippen molar-refractivity contribution in [2.75, 3.05) is 31.1 Å². The van der Waals surface area contributed by atoms with Crippen LogP contribution in [0.1, 0.15) is 27.9 Å². The highest BCUT2D eigenvalue weighted by Crippen LogP contribution is 2.30. The number of halogens is 6. The summed E-state index contributed by atoms with van der Waals surface area (Å²) in [5.74, 6) is -0.0113. The van der Waals surface area contributed by atoms with Crippen molar-refractivity contribution in [1.29, 1.82) is 0 Å². The van der Waals surface area contributed by atoms with Crippen LogP contribution in [0.5, 0.6) is 0 Å². The van der Waals surface area contributed by atoms with E-state index in [1.54, 1.807) is 4.90 Å². The minimum atomic E-state index is -4.47. The maximum absolute atomic E-state index is 12.7. The molecular weight excluding hydrogens is 400 g/mol.